The molecule has 1 aliphatic carbocycles. The Bertz CT molecular complexity index is 582. The normalized spacial score (nSPS) is 15.3. The van der Waals surface area contributed by atoms with Crippen molar-refractivity contribution in [2.75, 3.05) is 12.8 Å². The van der Waals surface area contributed by atoms with Gasteiger partial charge < -0.3 is 5.32 Å². The van der Waals surface area contributed by atoms with E-state index in [4.69, 9.17) is 11.6 Å². The smallest absolute Gasteiger partial charge is 0.235 e. The third-order valence-corrected chi connectivity index (χ3v) is 4.61. The molecule has 0 aromatic heterocycles. The Labute approximate surface area is 124 Å². The molecule has 1 amide bonds. The molecule has 20 heavy (non-hydrogen) atoms. The number of carbonyl (C=O) groups is 1. The molecule has 110 valence electrons. The molecular weight excluding hydrogens is 300 g/mol. The van der Waals surface area contributed by atoms with Gasteiger partial charge >= 0.3 is 0 Å². The van der Waals surface area contributed by atoms with Crippen molar-refractivity contribution in [2.45, 2.75) is 25.4 Å². The summed E-state index contributed by atoms with van der Waals surface area (Å²) in [5.41, 5.74) is 0.917. The Morgan fingerprint density at radius 1 is 1.35 bits per heavy atom. The van der Waals surface area contributed by atoms with Crippen LogP contribution in [0, 0.1) is 0 Å². The molecule has 1 fully saturated rings. The summed E-state index contributed by atoms with van der Waals surface area (Å²) >= 11 is 5.77. The lowest BCUT2D eigenvalue weighted by molar-refractivity contribution is -0.121. The van der Waals surface area contributed by atoms with Gasteiger partial charge in [-0.25, -0.2) is 8.42 Å². The van der Waals surface area contributed by atoms with E-state index in [-0.39, 0.29) is 18.5 Å². The van der Waals surface area contributed by atoms with E-state index in [0.717, 1.165) is 24.7 Å². The average Bonchev–Trinajstić information content (AvgIpc) is 3.18. The van der Waals surface area contributed by atoms with Gasteiger partial charge in [-0.3, -0.25) is 4.79 Å². The predicted octanol–water partition coefficient (Wildman–Crippen LogP) is 1.38. The summed E-state index contributed by atoms with van der Waals surface area (Å²) < 4.78 is 24.5. The van der Waals surface area contributed by atoms with Crippen molar-refractivity contribution in [3.8, 4) is 0 Å². The number of carbonyl (C=O) groups excluding carboxylic acids is 1. The molecule has 1 aromatic rings. The van der Waals surface area contributed by atoms with Gasteiger partial charge in [-0.1, -0.05) is 23.7 Å². The van der Waals surface area contributed by atoms with E-state index in [9.17, 15) is 13.2 Å². The SMILES string of the molecule is CS(=O)(=O)N(CC(=O)NCc1ccc(Cl)cc1)C1CC1. The van der Waals surface area contributed by atoms with Crippen LogP contribution in [0.1, 0.15) is 18.4 Å². The molecule has 5 nitrogen and oxygen atoms in total. The molecule has 1 aromatic carbocycles. The number of hydrogen-bond donors (Lipinski definition) is 1. The first-order chi connectivity index (χ1) is 9.36. The molecular formula is C13H17ClN2O3S. The fraction of sp³-hybridized carbons (Fsp3) is 0.462. The fourth-order valence-electron chi connectivity index (χ4n) is 1.88. The van der Waals surface area contributed by atoms with Crippen LogP contribution < -0.4 is 5.32 Å². The Balaban J connectivity index is 1.87. The topological polar surface area (TPSA) is 66.5 Å². The van der Waals surface area contributed by atoms with Gasteiger partial charge in [-0.05, 0) is 30.5 Å². The summed E-state index contributed by atoms with van der Waals surface area (Å²) in [5.74, 6) is -0.294. The van der Waals surface area contributed by atoms with Gasteiger partial charge in [0.2, 0.25) is 15.9 Å². The van der Waals surface area contributed by atoms with Crippen LogP contribution >= 0.6 is 11.6 Å². The van der Waals surface area contributed by atoms with E-state index in [1.165, 1.54) is 4.31 Å². The maximum atomic E-state index is 11.8. The summed E-state index contributed by atoms with van der Waals surface area (Å²) in [6.07, 6.45) is 2.80. The zero-order valence-electron chi connectivity index (χ0n) is 11.2. The van der Waals surface area contributed by atoms with Crippen LogP contribution in [0.25, 0.3) is 0 Å². The van der Waals surface area contributed by atoms with Crippen molar-refractivity contribution in [3.05, 3.63) is 34.9 Å². The largest absolute Gasteiger partial charge is 0.351 e. The third-order valence-electron chi connectivity index (χ3n) is 3.08. The second-order valence-electron chi connectivity index (χ2n) is 4.94. The summed E-state index contributed by atoms with van der Waals surface area (Å²) in [5, 5.41) is 3.35. The van der Waals surface area contributed by atoms with Gasteiger partial charge in [-0.15, -0.1) is 0 Å². The lowest BCUT2D eigenvalue weighted by Crippen LogP contribution is -2.41. The molecule has 2 rings (SSSR count). The monoisotopic (exact) mass is 316 g/mol. The summed E-state index contributed by atoms with van der Waals surface area (Å²) in [7, 11) is -3.33. The van der Waals surface area contributed by atoms with E-state index in [2.05, 4.69) is 5.32 Å². The predicted molar refractivity (Wildman–Crippen MR) is 77.9 cm³/mol. The third kappa shape index (κ3) is 4.47. The molecule has 0 radical (unpaired) electrons. The minimum atomic E-state index is -3.33. The van der Waals surface area contributed by atoms with Gasteiger partial charge in [0.15, 0.2) is 0 Å². The molecule has 1 saturated carbocycles. The lowest BCUT2D eigenvalue weighted by atomic mass is 10.2. The molecule has 1 aliphatic rings. The number of nitrogens with zero attached hydrogens (tertiary/aromatic N) is 1. The number of sulfonamides is 1. The van der Waals surface area contributed by atoms with E-state index in [1.807, 2.05) is 12.1 Å². The van der Waals surface area contributed by atoms with Crippen LogP contribution in [0.5, 0.6) is 0 Å². The highest BCUT2D eigenvalue weighted by atomic mass is 35.5. The number of hydrogen-bond acceptors (Lipinski definition) is 3. The van der Waals surface area contributed by atoms with Crippen molar-refractivity contribution in [2.24, 2.45) is 0 Å². The summed E-state index contributed by atoms with van der Waals surface area (Å²) in [4.78, 5) is 11.8. The van der Waals surface area contributed by atoms with Crippen LogP contribution in [0.4, 0.5) is 0 Å². The fourth-order valence-corrected chi connectivity index (χ4v) is 3.11. The van der Waals surface area contributed by atoms with E-state index in [1.54, 1.807) is 12.1 Å². The molecule has 0 saturated heterocycles. The number of benzene rings is 1. The van der Waals surface area contributed by atoms with Crippen LogP contribution in [-0.4, -0.2) is 37.5 Å². The maximum absolute atomic E-state index is 11.8. The van der Waals surface area contributed by atoms with Gasteiger partial charge in [0, 0.05) is 17.6 Å². The minimum absolute atomic E-state index is 0.00807. The van der Waals surface area contributed by atoms with Gasteiger partial charge in [-0.2, -0.15) is 4.31 Å². The van der Waals surface area contributed by atoms with Crippen LogP contribution in [0.15, 0.2) is 24.3 Å². The van der Waals surface area contributed by atoms with Crippen LogP contribution in [0.3, 0.4) is 0 Å². The number of amides is 1. The average molecular weight is 317 g/mol. The Morgan fingerprint density at radius 3 is 2.45 bits per heavy atom. The summed E-state index contributed by atoms with van der Waals surface area (Å²) in [6.45, 7) is 0.245. The second kappa shape index (κ2) is 6.11. The highest BCUT2D eigenvalue weighted by molar-refractivity contribution is 7.88. The molecule has 0 spiro atoms. The summed E-state index contributed by atoms with van der Waals surface area (Å²) in [6, 6.07) is 7.12. The Kier molecular flexibility index (Phi) is 4.67. The molecule has 0 heterocycles. The van der Waals surface area contributed by atoms with Crippen molar-refractivity contribution in [3.63, 3.8) is 0 Å². The molecule has 0 atom stereocenters. The molecule has 0 unspecified atom stereocenters. The first-order valence-corrected chi connectivity index (χ1v) is 8.57. The highest BCUT2D eigenvalue weighted by Crippen LogP contribution is 2.28. The molecule has 0 aliphatic heterocycles. The Morgan fingerprint density at radius 2 is 1.95 bits per heavy atom. The highest BCUT2D eigenvalue weighted by Gasteiger charge is 2.36. The molecule has 7 heteroatoms. The van der Waals surface area contributed by atoms with Crippen LogP contribution in [-0.2, 0) is 21.4 Å². The minimum Gasteiger partial charge on any atom is -0.351 e. The van der Waals surface area contributed by atoms with Gasteiger partial charge in [0.05, 0.1) is 12.8 Å². The quantitative estimate of drug-likeness (QED) is 0.862. The number of rotatable bonds is 6. The lowest BCUT2D eigenvalue weighted by Gasteiger charge is -2.18. The van der Waals surface area contributed by atoms with Crippen molar-refractivity contribution in [1.82, 2.24) is 9.62 Å². The molecule has 1 N–H and O–H groups in total. The maximum Gasteiger partial charge on any atom is 0.235 e. The molecule has 0 bridgehead atoms. The van der Waals surface area contributed by atoms with Crippen molar-refractivity contribution < 1.29 is 13.2 Å². The number of halogens is 1. The van der Waals surface area contributed by atoms with E-state index in [0.29, 0.717) is 11.6 Å². The second-order valence-corrected chi connectivity index (χ2v) is 7.31. The Hall–Kier alpha value is -1.11. The first-order valence-electron chi connectivity index (χ1n) is 6.34. The zero-order valence-corrected chi connectivity index (χ0v) is 12.7. The van der Waals surface area contributed by atoms with Gasteiger partial charge in [0.25, 0.3) is 0 Å². The van der Waals surface area contributed by atoms with Crippen molar-refractivity contribution >= 4 is 27.5 Å². The zero-order chi connectivity index (χ0) is 14.8. The van der Waals surface area contributed by atoms with Crippen molar-refractivity contribution in [1.29, 1.82) is 0 Å². The van der Waals surface area contributed by atoms with E-state index < -0.39 is 10.0 Å². The standard InChI is InChI=1S/C13H17ClN2O3S/c1-20(18,19)16(12-6-7-12)9-13(17)15-8-10-2-4-11(14)5-3-10/h2-5,12H,6-9H2,1H3,(H,15,17). The van der Waals surface area contributed by atoms with Gasteiger partial charge in [0.1, 0.15) is 0 Å². The number of nitrogens with one attached hydrogen (secondary N) is 1. The van der Waals surface area contributed by atoms with E-state index >= 15 is 0 Å². The first kappa shape index (κ1) is 15.3. The van der Waals surface area contributed by atoms with Crippen LogP contribution in [0.2, 0.25) is 5.02 Å².